The number of carboxylic acids is 1. The summed E-state index contributed by atoms with van der Waals surface area (Å²) in [4.78, 5) is 29.4. The van der Waals surface area contributed by atoms with Crippen molar-refractivity contribution in [2.45, 2.75) is 38.8 Å². The average molecular weight is 283 g/mol. The third-order valence-electron chi connectivity index (χ3n) is 2.89. The number of carbonyl (C=O) groups is 2. The van der Waals surface area contributed by atoms with E-state index in [1.54, 1.807) is 11.3 Å². The first-order valence-corrected chi connectivity index (χ1v) is 7.11. The highest BCUT2D eigenvalue weighted by molar-refractivity contribution is 7.11. The second kappa shape index (κ2) is 6.01. The third-order valence-corrected chi connectivity index (χ3v) is 4.04. The lowest BCUT2D eigenvalue weighted by molar-refractivity contribution is -0.137. The van der Waals surface area contributed by atoms with Crippen molar-refractivity contribution in [2.75, 3.05) is 6.54 Å². The Morgan fingerprint density at radius 1 is 1.58 bits per heavy atom. The van der Waals surface area contributed by atoms with Gasteiger partial charge in [-0.2, -0.15) is 0 Å². The minimum Gasteiger partial charge on any atom is -0.480 e. The van der Waals surface area contributed by atoms with Gasteiger partial charge in [-0.05, 0) is 19.3 Å². The SMILES string of the molecule is CCc1cnc(CNC(=O)N(CC(=O)O)C2CC2)s1. The fraction of sp³-hybridized carbons (Fsp3) is 0.583. The monoisotopic (exact) mass is 283 g/mol. The predicted octanol–water partition coefficient (Wildman–Crippen LogP) is 1.46. The Labute approximate surface area is 115 Å². The van der Waals surface area contributed by atoms with Crippen molar-refractivity contribution in [3.63, 3.8) is 0 Å². The molecule has 1 aromatic heterocycles. The van der Waals surface area contributed by atoms with Crippen molar-refractivity contribution in [1.29, 1.82) is 0 Å². The average Bonchev–Trinajstić information content (AvgIpc) is 3.11. The summed E-state index contributed by atoms with van der Waals surface area (Å²) in [6.07, 6.45) is 4.51. The molecule has 1 aliphatic rings. The molecule has 0 spiro atoms. The number of hydrogen-bond acceptors (Lipinski definition) is 4. The van der Waals surface area contributed by atoms with Crippen molar-refractivity contribution in [3.05, 3.63) is 16.1 Å². The Kier molecular flexibility index (Phi) is 4.36. The van der Waals surface area contributed by atoms with E-state index in [0.29, 0.717) is 6.54 Å². The van der Waals surface area contributed by atoms with Gasteiger partial charge < -0.3 is 15.3 Å². The first-order valence-electron chi connectivity index (χ1n) is 6.30. The standard InChI is InChI=1S/C12H17N3O3S/c1-2-9-5-13-10(19-9)6-14-12(18)15(7-11(16)17)8-3-4-8/h5,8H,2-4,6-7H2,1H3,(H,14,18)(H,16,17). The Morgan fingerprint density at radius 3 is 2.84 bits per heavy atom. The summed E-state index contributed by atoms with van der Waals surface area (Å²) in [5, 5.41) is 12.4. The minimum absolute atomic E-state index is 0.0820. The summed E-state index contributed by atoms with van der Waals surface area (Å²) in [6, 6.07) is -0.239. The van der Waals surface area contributed by atoms with Crippen LogP contribution in [0.4, 0.5) is 4.79 Å². The van der Waals surface area contributed by atoms with E-state index in [0.717, 1.165) is 24.3 Å². The molecule has 0 radical (unpaired) electrons. The number of nitrogens with one attached hydrogen (secondary N) is 1. The van der Waals surface area contributed by atoms with Gasteiger partial charge in [0.2, 0.25) is 0 Å². The quantitative estimate of drug-likeness (QED) is 0.828. The number of rotatable bonds is 6. The fourth-order valence-electron chi connectivity index (χ4n) is 1.74. The highest BCUT2D eigenvalue weighted by Crippen LogP contribution is 2.26. The summed E-state index contributed by atoms with van der Waals surface area (Å²) < 4.78 is 0. The van der Waals surface area contributed by atoms with E-state index in [9.17, 15) is 9.59 Å². The van der Waals surface area contributed by atoms with Crippen molar-refractivity contribution < 1.29 is 14.7 Å². The molecule has 1 saturated carbocycles. The van der Waals surface area contributed by atoms with Gasteiger partial charge in [0.05, 0.1) is 6.54 Å². The van der Waals surface area contributed by atoms with E-state index in [2.05, 4.69) is 17.2 Å². The number of urea groups is 1. The van der Waals surface area contributed by atoms with Crippen LogP contribution in [0.1, 0.15) is 29.7 Å². The number of aliphatic carboxylic acids is 1. The summed E-state index contributed by atoms with van der Waals surface area (Å²) in [7, 11) is 0. The molecule has 2 N–H and O–H groups in total. The molecule has 0 bridgehead atoms. The smallest absolute Gasteiger partial charge is 0.323 e. The second-order valence-electron chi connectivity index (χ2n) is 4.49. The predicted molar refractivity (Wildman–Crippen MR) is 71.1 cm³/mol. The molecule has 1 aromatic rings. The molecule has 1 heterocycles. The normalized spacial score (nSPS) is 14.2. The maximum atomic E-state index is 11.9. The van der Waals surface area contributed by atoms with E-state index >= 15 is 0 Å². The Balaban J connectivity index is 1.86. The van der Waals surface area contributed by atoms with Crippen molar-refractivity contribution >= 4 is 23.3 Å². The summed E-state index contributed by atoms with van der Waals surface area (Å²) in [5.74, 6) is -0.982. The third kappa shape index (κ3) is 3.92. The summed E-state index contributed by atoms with van der Waals surface area (Å²) in [5.41, 5.74) is 0. The molecule has 0 atom stereocenters. The highest BCUT2D eigenvalue weighted by atomic mass is 32.1. The number of hydrogen-bond donors (Lipinski definition) is 2. The largest absolute Gasteiger partial charge is 0.480 e. The van der Waals surface area contributed by atoms with Crippen LogP contribution in [0.3, 0.4) is 0 Å². The number of amides is 2. The van der Waals surface area contributed by atoms with Crippen molar-refractivity contribution in [3.8, 4) is 0 Å². The van der Waals surface area contributed by atoms with E-state index in [-0.39, 0.29) is 18.6 Å². The van der Waals surface area contributed by atoms with Crippen molar-refractivity contribution in [1.82, 2.24) is 15.2 Å². The number of carboxylic acid groups (broad SMARTS) is 1. The molecule has 104 valence electrons. The van der Waals surface area contributed by atoms with E-state index < -0.39 is 5.97 Å². The van der Waals surface area contributed by atoms with Crippen molar-refractivity contribution in [2.24, 2.45) is 0 Å². The molecule has 2 rings (SSSR count). The van der Waals surface area contributed by atoms with Crippen LogP contribution in [-0.4, -0.2) is 39.6 Å². The van der Waals surface area contributed by atoms with Crippen LogP contribution in [-0.2, 0) is 17.8 Å². The maximum absolute atomic E-state index is 11.9. The molecule has 1 aliphatic carbocycles. The van der Waals surface area contributed by atoms with Crippen LogP contribution in [0.15, 0.2) is 6.20 Å². The molecular weight excluding hydrogens is 266 g/mol. The maximum Gasteiger partial charge on any atom is 0.323 e. The Morgan fingerprint density at radius 2 is 2.32 bits per heavy atom. The van der Waals surface area contributed by atoms with Crippen LogP contribution < -0.4 is 5.32 Å². The summed E-state index contributed by atoms with van der Waals surface area (Å²) >= 11 is 1.56. The molecular formula is C12H17N3O3S. The highest BCUT2D eigenvalue weighted by Gasteiger charge is 2.33. The zero-order chi connectivity index (χ0) is 13.8. The van der Waals surface area contributed by atoms with Gasteiger partial charge >= 0.3 is 12.0 Å². The lowest BCUT2D eigenvalue weighted by Gasteiger charge is -2.20. The number of carbonyl (C=O) groups excluding carboxylic acids is 1. The van der Waals surface area contributed by atoms with Gasteiger partial charge in [0.1, 0.15) is 11.6 Å². The zero-order valence-electron chi connectivity index (χ0n) is 10.8. The zero-order valence-corrected chi connectivity index (χ0v) is 11.6. The molecule has 7 heteroatoms. The first-order chi connectivity index (χ1) is 9.10. The molecule has 2 amide bonds. The lowest BCUT2D eigenvalue weighted by Crippen LogP contribution is -2.43. The number of nitrogens with zero attached hydrogens (tertiary/aromatic N) is 2. The molecule has 0 unspecified atom stereocenters. The lowest BCUT2D eigenvalue weighted by atomic mass is 10.4. The van der Waals surface area contributed by atoms with E-state index in [1.165, 1.54) is 9.78 Å². The van der Waals surface area contributed by atoms with Gasteiger partial charge in [-0.3, -0.25) is 4.79 Å². The topological polar surface area (TPSA) is 82.5 Å². The van der Waals surface area contributed by atoms with Gasteiger partial charge in [-0.1, -0.05) is 6.92 Å². The fourth-order valence-corrected chi connectivity index (χ4v) is 2.55. The minimum atomic E-state index is -0.982. The first kappa shape index (κ1) is 13.8. The van der Waals surface area contributed by atoms with Crippen LogP contribution in [0.2, 0.25) is 0 Å². The number of thiazole rings is 1. The summed E-state index contributed by atoms with van der Waals surface area (Å²) in [6.45, 7) is 2.17. The molecule has 0 aliphatic heterocycles. The van der Waals surface area contributed by atoms with Gasteiger partial charge in [-0.15, -0.1) is 11.3 Å². The molecule has 19 heavy (non-hydrogen) atoms. The Hall–Kier alpha value is -1.63. The van der Waals surface area contributed by atoms with Crippen LogP contribution in [0.25, 0.3) is 0 Å². The van der Waals surface area contributed by atoms with Gasteiger partial charge in [0.25, 0.3) is 0 Å². The van der Waals surface area contributed by atoms with Gasteiger partial charge in [-0.25, -0.2) is 9.78 Å². The van der Waals surface area contributed by atoms with Crippen LogP contribution in [0, 0.1) is 0 Å². The molecule has 1 fully saturated rings. The number of aromatic nitrogens is 1. The van der Waals surface area contributed by atoms with E-state index in [4.69, 9.17) is 5.11 Å². The van der Waals surface area contributed by atoms with E-state index in [1.807, 2.05) is 6.20 Å². The molecule has 0 saturated heterocycles. The second-order valence-corrected chi connectivity index (χ2v) is 5.69. The molecule has 0 aromatic carbocycles. The Bertz CT molecular complexity index is 471. The van der Waals surface area contributed by atoms with Gasteiger partial charge in [0.15, 0.2) is 0 Å². The van der Waals surface area contributed by atoms with Crippen LogP contribution >= 0.6 is 11.3 Å². The van der Waals surface area contributed by atoms with Crippen LogP contribution in [0.5, 0.6) is 0 Å². The molecule has 6 nitrogen and oxygen atoms in total. The van der Waals surface area contributed by atoms with Gasteiger partial charge in [0, 0.05) is 17.1 Å². The number of aryl methyl sites for hydroxylation is 1.